The molecule has 0 aliphatic carbocycles. The molecule has 1 heterocycles. The van der Waals surface area contributed by atoms with E-state index in [2.05, 4.69) is 36.2 Å². The maximum Gasteiger partial charge on any atom is 0.119 e. The van der Waals surface area contributed by atoms with Crippen LogP contribution in [0.25, 0.3) is 10.9 Å². The minimum absolute atomic E-state index is 0.549. The Hall–Kier alpha value is -2.35. The highest BCUT2D eigenvalue weighted by molar-refractivity contribution is 5.82. The second-order valence-corrected chi connectivity index (χ2v) is 5.12. The van der Waals surface area contributed by atoms with Gasteiger partial charge < -0.3 is 4.74 Å². The second-order valence-electron chi connectivity index (χ2n) is 5.12. The van der Waals surface area contributed by atoms with Gasteiger partial charge in [-0.05, 0) is 50.1 Å². The summed E-state index contributed by atoms with van der Waals surface area (Å²) in [5, 5.41) is 1.15. The largest absolute Gasteiger partial charge is 0.489 e. The van der Waals surface area contributed by atoms with Gasteiger partial charge in [0.25, 0.3) is 0 Å². The fraction of sp³-hybridized carbons (Fsp3) is 0.158. The summed E-state index contributed by atoms with van der Waals surface area (Å²) in [5.41, 5.74) is 4.41. The molecule has 2 aromatic carbocycles. The molecule has 2 nitrogen and oxygen atoms in total. The van der Waals surface area contributed by atoms with Gasteiger partial charge in [-0.15, -0.1) is 0 Å². The van der Waals surface area contributed by atoms with Crippen LogP contribution in [0.5, 0.6) is 5.75 Å². The van der Waals surface area contributed by atoms with Crippen molar-refractivity contribution in [3.63, 3.8) is 0 Å². The SMILES string of the molecule is [CH2]Cc1ccc(OCc2cc(C)nc3ccccc23)cc1. The van der Waals surface area contributed by atoms with Crippen LogP contribution in [-0.4, -0.2) is 4.98 Å². The van der Waals surface area contributed by atoms with Crippen molar-refractivity contribution in [2.75, 3.05) is 0 Å². The fourth-order valence-corrected chi connectivity index (χ4v) is 2.43. The van der Waals surface area contributed by atoms with E-state index in [0.717, 1.165) is 28.8 Å². The molecule has 0 atom stereocenters. The first-order chi connectivity index (χ1) is 10.3. The summed E-state index contributed by atoms with van der Waals surface area (Å²) in [4.78, 5) is 4.55. The van der Waals surface area contributed by atoms with Gasteiger partial charge in [0.05, 0.1) is 5.52 Å². The smallest absolute Gasteiger partial charge is 0.119 e. The lowest BCUT2D eigenvalue weighted by atomic mass is 10.1. The number of pyridine rings is 1. The van der Waals surface area contributed by atoms with Crippen LogP contribution in [0.2, 0.25) is 0 Å². The number of aryl methyl sites for hydroxylation is 1. The summed E-state index contributed by atoms with van der Waals surface area (Å²) in [7, 11) is 0. The Kier molecular flexibility index (Phi) is 3.87. The molecule has 0 aliphatic heterocycles. The number of aromatic nitrogens is 1. The van der Waals surface area contributed by atoms with E-state index in [1.165, 1.54) is 11.1 Å². The minimum atomic E-state index is 0.549. The van der Waals surface area contributed by atoms with Crippen LogP contribution in [0.15, 0.2) is 54.6 Å². The van der Waals surface area contributed by atoms with E-state index in [1.54, 1.807) is 0 Å². The third-order valence-electron chi connectivity index (χ3n) is 3.54. The Balaban J connectivity index is 1.84. The number of para-hydroxylation sites is 1. The number of rotatable bonds is 4. The summed E-state index contributed by atoms with van der Waals surface area (Å²) < 4.78 is 5.91. The first kappa shape index (κ1) is 13.6. The van der Waals surface area contributed by atoms with Crippen LogP contribution < -0.4 is 4.74 Å². The van der Waals surface area contributed by atoms with Crippen LogP contribution in [0.1, 0.15) is 16.8 Å². The van der Waals surface area contributed by atoms with Gasteiger partial charge in [-0.2, -0.15) is 0 Å². The summed E-state index contributed by atoms with van der Waals surface area (Å²) in [6.45, 7) is 6.44. The zero-order valence-corrected chi connectivity index (χ0v) is 12.2. The molecule has 2 heteroatoms. The molecule has 0 unspecified atom stereocenters. The Bertz CT molecular complexity index is 747. The quantitative estimate of drug-likeness (QED) is 0.700. The molecule has 1 aromatic heterocycles. The lowest BCUT2D eigenvalue weighted by Gasteiger charge is -2.10. The molecular formula is C19H18NO. The molecule has 0 N–H and O–H groups in total. The van der Waals surface area contributed by atoms with E-state index in [1.807, 2.05) is 37.3 Å². The van der Waals surface area contributed by atoms with E-state index in [4.69, 9.17) is 4.74 Å². The average Bonchev–Trinajstić information content (AvgIpc) is 2.53. The highest BCUT2D eigenvalue weighted by atomic mass is 16.5. The van der Waals surface area contributed by atoms with Gasteiger partial charge in [0.2, 0.25) is 0 Å². The van der Waals surface area contributed by atoms with Gasteiger partial charge in [0.1, 0.15) is 12.4 Å². The number of nitrogens with zero attached hydrogens (tertiary/aromatic N) is 1. The van der Waals surface area contributed by atoms with Crippen LogP contribution in [0, 0.1) is 13.8 Å². The Labute approximate surface area is 125 Å². The van der Waals surface area contributed by atoms with Crippen molar-refractivity contribution in [2.24, 2.45) is 0 Å². The number of ether oxygens (including phenoxy) is 1. The van der Waals surface area contributed by atoms with Crippen molar-refractivity contribution in [1.82, 2.24) is 4.98 Å². The lowest BCUT2D eigenvalue weighted by Crippen LogP contribution is -1.98. The normalized spacial score (nSPS) is 10.8. The molecule has 1 radical (unpaired) electrons. The molecule has 3 rings (SSSR count). The van der Waals surface area contributed by atoms with E-state index in [9.17, 15) is 0 Å². The average molecular weight is 276 g/mol. The van der Waals surface area contributed by atoms with Crippen molar-refractivity contribution < 1.29 is 4.74 Å². The Morgan fingerprint density at radius 2 is 1.81 bits per heavy atom. The molecule has 0 amide bonds. The third-order valence-corrected chi connectivity index (χ3v) is 3.54. The van der Waals surface area contributed by atoms with Gasteiger partial charge >= 0.3 is 0 Å². The third kappa shape index (κ3) is 3.05. The van der Waals surface area contributed by atoms with Gasteiger partial charge in [-0.1, -0.05) is 30.3 Å². The molecular weight excluding hydrogens is 258 g/mol. The first-order valence-electron chi connectivity index (χ1n) is 7.12. The molecule has 21 heavy (non-hydrogen) atoms. The number of fused-ring (bicyclic) bond motifs is 1. The van der Waals surface area contributed by atoms with E-state index >= 15 is 0 Å². The number of hydrogen-bond donors (Lipinski definition) is 0. The zero-order valence-electron chi connectivity index (χ0n) is 12.2. The molecule has 105 valence electrons. The van der Waals surface area contributed by atoms with Crippen molar-refractivity contribution >= 4 is 10.9 Å². The maximum absolute atomic E-state index is 5.91. The van der Waals surface area contributed by atoms with Crippen LogP contribution in [-0.2, 0) is 13.0 Å². The predicted octanol–water partition coefficient (Wildman–Crippen LogP) is 4.50. The van der Waals surface area contributed by atoms with Crippen LogP contribution in [0.3, 0.4) is 0 Å². The molecule has 0 bridgehead atoms. The molecule has 0 fully saturated rings. The summed E-state index contributed by atoms with van der Waals surface area (Å²) in [5.74, 6) is 0.880. The fourth-order valence-electron chi connectivity index (χ4n) is 2.43. The van der Waals surface area contributed by atoms with Gasteiger partial charge in [-0.25, -0.2) is 0 Å². The summed E-state index contributed by atoms with van der Waals surface area (Å²) >= 11 is 0. The number of hydrogen-bond acceptors (Lipinski definition) is 2. The minimum Gasteiger partial charge on any atom is -0.489 e. The van der Waals surface area contributed by atoms with Gasteiger partial charge in [0, 0.05) is 16.6 Å². The van der Waals surface area contributed by atoms with Crippen molar-refractivity contribution in [2.45, 2.75) is 20.0 Å². The highest BCUT2D eigenvalue weighted by Crippen LogP contribution is 2.21. The zero-order chi connectivity index (χ0) is 14.7. The Morgan fingerprint density at radius 3 is 2.57 bits per heavy atom. The lowest BCUT2D eigenvalue weighted by molar-refractivity contribution is 0.307. The standard InChI is InChI=1S/C19H18NO/c1-3-15-8-10-17(11-9-15)21-13-16-12-14(2)20-19-7-5-4-6-18(16)19/h4-12H,1,3,13H2,2H3. The molecule has 0 saturated heterocycles. The summed E-state index contributed by atoms with van der Waals surface area (Å²) in [6.07, 6.45) is 0.800. The van der Waals surface area contributed by atoms with Crippen molar-refractivity contribution in [3.05, 3.63) is 78.3 Å². The Morgan fingerprint density at radius 1 is 1.05 bits per heavy atom. The van der Waals surface area contributed by atoms with E-state index in [0.29, 0.717) is 6.61 Å². The molecule has 0 spiro atoms. The first-order valence-corrected chi connectivity index (χ1v) is 7.12. The number of benzene rings is 2. The molecule has 0 saturated carbocycles. The topological polar surface area (TPSA) is 22.1 Å². The van der Waals surface area contributed by atoms with Crippen LogP contribution >= 0.6 is 0 Å². The highest BCUT2D eigenvalue weighted by Gasteiger charge is 2.04. The predicted molar refractivity (Wildman–Crippen MR) is 86.3 cm³/mol. The van der Waals surface area contributed by atoms with Crippen molar-refractivity contribution in [1.29, 1.82) is 0 Å². The second kappa shape index (κ2) is 5.96. The maximum atomic E-state index is 5.91. The van der Waals surface area contributed by atoms with E-state index < -0.39 is 0 Å². The monoisotopic (exact) mass is 276 g/mol. The van der Waals surface area contributed by atoms with Crippen molar-refractivity contribution in [3.8, 4) is 5.75 Å². The van der Waals surface area contributed by atoms with Gasteiger partial charge in [0.15, 0.2) is 0 Å². The summed E-state index contributed by atoms with van der Waals surface area (Å²) in [6, 6.07) is 18.4. The van der Waals surface area contributed by atoms with Crippen LogP contribution in [0.4, 0.5) is 0 Å². The molecule has 3 aromatic rings. The van der Waals surface area contributed by atoms with Gasteiger partial charge in [-0.3, -0.25) is 4.98 Å². The van der Waals surface area contributed by atoms with E-state index in [-0.39, 0.29) is 0 Å². The molecule has 0 aliphatic rings.